The van der Waals surface area contributed by atoms with Crippen LogP contribution in [-0.2, 0) is 0 Å². The highest BCUT2D eigenvalue weighted by Crippen LogP contribution is 2.27. The van der Waals surface area contributed by atoms with Crippen LogP contribution in [-0.4, -0.2) is 33.9 Å². The molecule has 0 aliphatic heterocycles. The predicted octanol–water partition coefficient (Wildman–Crippen LogP) is 2.33. The van der Waals surface area contributed by atoms with E-state index in [9.17, 15) is 9.90 Å². The Hall–Kier alpha value is -2.21. The third kappa shape index (κ3) is 3.76. The maximum absolute atomic E-state index is 12.1. The Balaban J connectivity index is 1.57. The molecule has 0 radical (unpaired) electrons. The number of aryl methyl sites for hydroxylation is 1. The Morgan fingerprint density at radius 3 is 2.61 bits per heavy atom. The van der Waals surface area contributed by atoms with Crippen molar-refractivity contribution in [2.75, 3.05) is 6.54 Å². The van der Waals surface area contributed by atoms with Crippen molar-refractivity contribution in [1.82, 2.24) is 15.5 Å². The first-order chi connectivity index (χ1) is 11.1. The molecule has 23 heavy (non-hydrogen) atoms. The molecule has 0 saturated heterocycles. The van der Waals surface area contributed by atoms with Crippen LogP contribution in [0, 0.1) is 12.8 Å². The zero-order valence-electron chi connectivity index (χ0n) is 13.2. The molecule has 2 aromatic rings. The Morgan fingerprint density at radius 1 is 1.30 bits per heavy atom. The number of carbonyl (C=O) groups excluding carboxylic acids is 1. The van der Waals surface area contributed by atoms with Crippen LogP contribution in [0.1, 0.15) is 41.9 Å². The standard InChI is InChI=1S/C17H21N3O3/c1-11-19-20-17(23-11)14-8-6-13(7-9-14)16(22)18-10-15(21)12-4-2-3-5-12/h6-9,12,15,21H,2-5,10H2,1H3,(H,18,22). The monoisotopic (exact) mass is 315 g/mol. The number of nitrogens with zero attached hydrogens (tertiary/aromatic N) is 2. The highest BCUT2D eigenvalue weighted by molar-refractivity contribution is 5.94. The predicted molar refractivity (Wildman–Crippen MR) is 84.8 cm³/mol. The lowest BCUT2D eigenvalue weighted by Gasteiger charge is -2.18. The first-order valence-corrected chi connectivity index (χ1v) is 8.00. The van der Waals surface area contributed by atoms with Crippen LogP contribution in [0.5, 0.6) is 0 Å². The molecule has 1 aliphatic rings. The minimum Gasteiger partial charge on any atom is -0.421 e. The fraction of sp³-hybridized carbons (Fsp3) is 0.471. The van der Waals surface area contributed by atoms with E-state index >= 15 is 0 Å². The van der Waals surface area contributed by atoms with Crippen molar-refractivity contribution in [3.05, 3.63) is 35.7 Å². The summed E-state index contributed by atoms with van der Waals surface area (Å²) in [7, 11) is 0. The number of aliphatic hydroxyl groups is 1. The van der Waals surface area contributed by atoms with E-state index in [1.807, 2.05) is 0 Å². The topological polar surface area (TPSA) is 88.2 Å². The molecular weight excluding hydrogens is 294 g/mol. The lowest BCUT2D eigenvalue weighted by Crippen LogP contribution is -2.35. The molecule has 122 valence electrons. The van der Waals surface area contributed by atoms with Crippen LogP contribution in [0.25, 0.3) is 11.5 Å². The number of hydrogen-bond donors (Lipinski definition) is 2. The van der Waals surface area contributed by atoms with Gasteiger partial charge in [0.1, 0.15) is 0 Å². The second-order valence-electron chi connectivity index (χ2n) is 6.03. The zero-order chi connectivity index (χ0) is 16.2. The SMILES string of the molecule is Cc1nnc(-c2ccc(C(=O)NCC(O)C3CCCC3)cc2)o1. The van der Waals surface area contributed by atoms with Crippen molar-refractivity contribution in [3.8, 4) is 11.5 Å². The van der Waals surface area contributed by atoms with E-state index in [1.165, 1.54) is 12.8 Å². The van der Waals surface area contributed by atoms with Gasteiger partial charge in [-0.2, -0.15) is 0 Å². The highest BCUT2D eigenvalue weighted by Gasteiger charge is 2.23. The number of rotatable bonds is 5. The first-order valence-electron chi connectivity index (χ1n) is 8.00. The second-order valence-corrected chi connectivity index (χ2v) is 6.03. The van der Waals surface area contributed by atoms with E-state index in [-0.39, 0.29) is 5.91 Å². The summed E-state index contributed by atoms with van der Waals surface area (Å²) in [5.74, 6) is 1.07. The molecule has 0 bridgehead atoms. The number of aliphatic hydroxyl groups excluding tert-OH is 1. The van der Waals surface area contributed by atoms with Crippen molar-refractivity contribution >= 4 is 5.91 Å². The fourth-order valence-electron chi connectivity index (χ4n) is 2.99. The maximum Gasteiger partial charge on any atom is 0.251 e. The van der Waals surface area contributed by atoms with Gasteiger partial charge in [-0.3, -0.25) is 4.79 Å². The largest absolute Gasteiger partial charge is 0.421 e. The van der Waals surface area contributed by atoms with E-state index in [0.29, 0.717) is 29.8 Å². The normalized spacial score (nSPS) is 16.4. The molecule has 2 N–H and O–H groups in total. The number of benzene rings is 1. The Labute approximate surface area is 134 Å². The molecule has 0 spiro atoms. The summed E-state index contributed by atoms with van der Waals surface area (Å²) in [5, 5.41) is 20.6. The summed E-state index contributed by atoms with van der Waals surface area (Å²) >= 11 is 0. The van der Waals surface area contributed by atoms with E-state index in [4.69, 9.17) is 4.42 Å². The van der Waals surface area contributed by atoms with Crippen molar-refractivity contribution in [1.29, 1.82) is 0 Å². The van der Waals surface area contributed by atoms with Crippen LogP contribution in [0.3, 0.4) is 0 Å². The minimum atomic E-state index is -0.456. The molecule has 6 nitrogen and oxygen atoms in total. The van der Waals surface area contributed by atoms with Gasteiger partial charge in [0.25, 0.3) is 5.91 Å². The van der Waals surface area contributed by atoms with Crippen LogP contribution >= 0.6 is 0 Å². The van der Waals surface area contributed by atoms with Gasteiger partial charge >= 0.3 is 0 Å². The Bertz CT molecular complexity index is 660. The van der Waals surface area contributed by atoms with E-state index in [0.717, 1.165) is 18.4 Å². The van der Waals surface area contributed by atoms with Gasteiger partial charge in [-0.15, -0.1) is 10.2 Å². The van der Waals surface area contributed by atoms with Crippen molar-refractivity contribution in [2.24, 2.45) is 5.92 Å². The van der Waals surface area contributed by atoms with Gasteiger partial charge in [0.15, 0.2) is 0 Å². The van der Waals surface area contributed by atoms with E-state index in [2.05, 4.69) is 15.5 Å². The molecule has 1 heterocycles. The van der Waals surface area contributed by atoms with Gasteiger partial charge in [0, 0.05) is 24.6 Å². The number of nitrogens with one attached hydrogen (secondary N) is 1. The summed E-state index contributed by atoms with van der Waals surface area (Å²) in [4.78, 5) is 12.1. The molecule has 1 amide bonds. The van der Waals surface area contributed by atoms with Gasteiger partial charge in [-0.1, -0.05) is 12.8 Å². The molecule has 1 atom stereocenters. The van der Waals surface area contributed by atoms with Crippen molar-refractivity contribution < 1.29 is 14.3 Å². The van der Waals surface area contributed by atoms with Gasteiger partial charge in [0.2, 0.25) is 11.8 Å². The molecule has 1 aromatic carbocycles. The molecular formula is C17H21N3O3. The number of hydrogen-bond acceptors (Lipinski definition) is 5. The molecule has 1 aromatic heterocycles. The molecule has 1 unspecified atom stereocenters. The highest BCUT2D eigenvalue weighted by atomic mass is 16.4. The third-order valence-corrected chi connectivity index (χ3v) is 4.34. The fourth-order valence-corrected chi connectivity index (χ4v) is 2.99. The molecule has 6 heteroatoms. The molecule has 1 aliphatic carbocycles. The molecule has 1 saturated carbocycles. The van der Waals surface area contributed by atoms with Gasteiger partial charge in [0.05, 0.1) is 6.10 Å². The Morgan fingerprint density at radius 2 is 2.00 bits per heavy atom. The van der Waals surface area contributed by atoms with Crippen molar-refractivity contribution in [2.45, 2.75) is 38.7 Å². The average Bonchev–Trinajstić information content (AvgIpc) is 3.24. The zero-order valence-corrected chi connectivity index (χ0v) is 13.2. The van der Waals surface area contributed by atoms with Gasteiger partial charge in [-0.05, 0) is 43.0 Å². The quantitative estimate of drug-likeness (QED) is 0.884. The van der Waals surface area contributed by atoms with E-state index in [1.54, 1.807) is 31.2 Å². The summed E-state index contributed by atoms with van der Waals surface area (Å²) in [6.07, 6.45) is 3.99. The smallest absolute Gasteiger partial charge is 0.251 e. The maximum atomic E-state index is 12.1. The van der Waals surface area contributed by atoms with Gasteiger partial charge in [-0.25, -0.2) is 0 Å². The number of aromatic nitrogens is 2. The lowest BCUT2D eigenvalue weighted by atomic mass is 10.0. The van der Waals surface area contributed by atoms with Crippen LogP contribution in [0.2, 0.25) is 0 Å². The van der Waals surface area contributed by atoms with Gasteiger partial charge < -0.3 is 14.8 Å². The lowest BCUT2D eigenvalue weighted by molar-refractivity contribution is 0.0840. The van der Waals surface area contributed by atoms with Crippen LogP contribution in [0.15, 0.2) is 28.7 Å². The molecule has 1 fully saturated rings. The van der Waals surface area contributed by atoms with Crippen LogP contribution < -0.4 is 5.32 Å². The molecule has 3 rings (SSSR count). The second kappa shape index (κ2) is 6.91. The first kappa shape index (κ1) is 15.7. The van der Waals surface area contributed by atoms with Crippen molar-refractivity contribution in [3.63, 3.8) is 0 Å². The average molecular weight is 315 g/mol. The van der Waals surface area contributed by atoms with Crippen LogP contribution in [0.4, 0.5) is 0 Å². The van der Waals surface area contributed by atoms with E-state index < -0.39 is 6.10 Å². The number of carbonyl (C=O) groups is 1. The summed E-state index contributed by atoms with van der Waals surface area (Å²) in [5.41, 5.74) is 1.32. The number of amides is 1. The Kier molecular flexibility index (Phi) is 4.71. The summed E-state index contributed by atoms with van der Waals surface area (Å²) in [6, 6.07) is 6.98. The minimum absolute atomic E-state index is 0.185. The summed E-state index contributed by atoms with van der Waals surface area (Å²) in [6.45, 7) is 2.03. The third-order valence-electron chi connectivity index (χ3n) is 4.34. The summed E-state index contributed by atoms with van der Waals surface area (Å²) < 4.78 is 5.35.